The van der Waals surface area contributed by atoms with Gasteiger partial charge in [0.15, 0.2) is 5.69 Å². The first-order chi connectivity index (χ1) is 7.24. The highest BCUT2D eigenvalue weighted by Gasteiger charge is 2.25. The minimum absolute atomic E-state index is 0.210. The summed E-state index contributed by atoms with van der Waals surface area (Å²) in [5.41, 5.74) is 1.49. The van der Waals surface area contributed by atoms with Gasteiger partial charge in [-0.2, -0.15) is 10.4 Å². The van der Waals surface area contributed by atoms with Crippen LogP contribution in [0.25, 0.3) is 0 Å². The van der Waals surface area contributed by atoms with Crippen LogP contribution in [0.3, 0.4) is 0 Å². The number of fused-ring (bicyclic) bond motifs is 1. The molecule has 0 aliphatic carbocycles. The molecular weight excluding hydrogens is 216 g/mol. The molecule has 0 bridgehead atoms. The van der Waals surface area contributed by atoms with E-state index in [1.54, 1.807) is 0 Å². The molecule has 0 fully saturated rings. The number of alkyl halides is 1. The normalized spacial score (nSPS) is 16.0. The molecule has 1 unspecified atom stereocenters. The maximum Gasteiger partial charge on any atom is 0.298 e. The van der Waals surface area contributed by atoms with Crippen LogP contribution >= 0.6 is 11.6 Å². The maximum atomic E-state index is 11.3. The summed E-state index contributed by atoms with van der Waals surface area (Å²) in [6, 6.07) is 0. The molecule has 0 aromatic carbocycles. The van der Waals surface area contributed by atoms with E-state index in [0.29, 0.717) is 17.1 Å². The highest BCUT2D eigenvalue weighted by molar-refractivity contribution is 6.21. The van der Waals surface area contributed by atoms with Crippen LogP contribution in [-0.4, -0.2) is 22.4 Å². The number of hydrogen-bond donors (Lipinski definition) is 1. The number of carbonyl (C=O) groups excluding carboxylic acids is 1. The third kappa shape index (κ3) is 1.74. The second-order valence-corrected chi connectivity index (χ2v) is 3.79. The molecule has 15 heavy (non-hydrogen) atoms. The van der Waals surface area contributed by atoms with Gasteiger partial charge in [-0.25, -0.2) is 4.99 Å². The predicted octanol–water partition coefficient (Wildman–Crippen LogP) is 1.91. The number of nitrogens with one attached hydrogen (secondary N) is 1. The van der Waals surface area contributed by atoms with Crippen molar-refractivity contribution in [1.29, 1.82) is 0 Å². The van der Waals surface area contributed by atoms with E-state index in [0.717, 1.165) is 12.8 Å². The number of halogens is 1. The number of amides is 1. The van der Waals surface area contributed by atoms with Gasteiger partial charge in [0.25, 0.3) is 5.91 Å². The first-order valence-electron chi connectivity index (χ1n) is 4.74. The largest absolute Gasteiger partial charge is 0.298 e. The maximum absolute atomic E-state index is 11.3. The van der Waals surface area contributed by atoms with Gasteiger partial charge in [0.1, 0.15) is 17.7 Å². The van der Waals surface area contributed by atoms with Crippen LogP contribution in [0.5, 0.6) is 0 Å². The summed E-state index contributed by atoms with van der Waals surface area (Å²) < 4.78 is 0. The van der Waals surface area contributed by atoms with E-state index >= 15 is 0 Å². The van der Waals surface area contributed by atoms with Crippen molar-refractivity contribution in [3.8, 4) is 0 Å². The van der Waals surface area contributed by atoms with Gasteiger partial charge in [0.2, 0.25) is 0 Å². The van der Waals surface area contributed by atoms with Crippen LogP contribution in [0.15, 0.2) is 4.99 Å². The van der Waals surface area contributed by atoms with E-state index in [2.05, 4.69) is 20.5 Å². The standard InChI is InChI=1S/C9H10ClN4O/c1-2-3-5(10)6-7-8(14-13-6)9(15)12-4-11-7/h4-5H,2-3H2,1H3,(H,13,14). The van der Waals surface area contributed by atoms with Gasteiger partial charge >= 0.3 is 0 Å². The number of aromatic amines is 1. The Bertz CT molecular complexity index is 412. The third-order valence-electron chi connectivity index (χ3n) is 2.18. The Hall–Kier alpha value is -1.36. The molecule has 1 aromatic rings. The molecule has 2 heterocycles. The molecule has 5 nitrogen and oxygen atoms in total. The fraction of sp³-hybridized carbons (Fsp3) is 0.444. The van der Waals surface area contributed by atoms with Crippen molar-refractivity contribution >= 4 is 29.5 Å². The molecule has 1 atom stereocenters. The Kier molecular flexibility index (Phi) is 2.73. The van der Waals surface area contributed by atoms with Gasteiger partial charge in [-0.1, -0.05) is 13.3 Å². The zero-order valence-electron chi connectivity index (χ0n) is 8.20. The molecule has 1 aromatic heterocycles. The molecule has 0 saturated carbocycles. The van der Waals surface area contributed by atoms with Crippen molar-refractivity contribution < 1.29 is 4.79 Å². The van der Waals surface area contributed by atoms with Gasteiger partial charge in [-0.05, 0) is 6.42 Å². The number of aromatic nitrogens is 2. The summed E-state index contributed by atoms with van der Waals surface area (Å²) in [5.74, 6) is -0.348. The lowest BCUT2D eigenvalue weighted by atomic mass is 10.1. The van der Waals surface area contributed by atoms with Crippen LogP contribution in [0.1, 0.15) is 41.3 Å². The number of hydrogen-bond acceptors (Lipinski definition) is 3. The Labute approximate surface area is 91.9 Å². The number of carbonyl (C=O) groups is 1. The third-order valence-corrected chi connectivity index (χ3v) is 2.61. The molecule has 0 spiro atoms. The Morgan fingerprint density at radius 3 is 3.13 bits per heavy atom. The Morgan fingerprint density at radius 2 is 2.40 bits per heavy atom. The molecule has 1 radical (unpaired) electrons. The highest BCUT2D eigenvalue weighted by atomic mass is 35.5. The second-order valence-electron chi connectivity index (χ2n) is 3.27. The summed E-state index contributed by atoms with van der Waals surface area (Å²) in [4.78, 5) is 15.3. The quantitative estimate of drug-likeness (QED) is 0.798. The van der Waals surface area contributed by atoms with E-state index in [9.17, 15) is 4.79 Å². The van der Waals surface area contributed by atoms with Crippen molar-refractivity contribution in [3.05, 3.63) is 11.4 Å². The summed E-state index contributed by atoms with van der Waals surface area (Å²) in [5, 5.41) is 9.97. The van der Waals surface area contributed by atoms with E-state index in [-0.39, 0.29) is 11.3 Å². The fourth-order valence-corrected chi connectivity index (χ4v) is 1.81. The van der Waals surface area contributed by atoms with Crippen LogP contribution in [0.2, 0.25) is 0 Å². The van der Waals surface area contributed by atoms with Crippen LogP contribution < -0.4 is 5.32 Å². The summed E-state index contributed by atoms with van der Waals surface area (Å²) in [6.07, 6.45) is 3.00. The molecule has 6 heteroatoms. The van der Waals surface area contributed by atoms with Crippen LogP contribution in [0.4, 0.5) is 5.69 Å². The fourth-order valence-electron chi connectivity index (χ4n) is 1.44. The van der Waals surface area contributed by atoms with Gasteiger partial charge < -0.3 is 0 Å². The summed E-state index contributed by atoms with van der Waals surface area (Å²) in [6.45, 7) is 2.04. The zero-order valence-corrected chi connectivity index (χ0v) is 8.95. The minimum Gasteiger partial charge on any atom is -0.271 e. The number of nitrogens with zero attached hydrogens (tertiary/aromatic N) is 3. The average molecular weight is 226 g/mol. The van der Waals surface area contributed by atoms with E-state index < -0.39 is 0 Å². The monoisotopic (exact) mass is 225 g/mol. The molecule has 1 aliphatic heterocycles. The Balaban J connectivity index is 2.36. The van der Waals surface area contributed by atoms with Gasteiger partial charge in [-0.15, -0.1) is 11.6 Å². The lowest BCUT2D eigenvalue weighted by molar-refractivity contribution is 0.0969. The summed E-state index contributed by atoms with van der Waals surface area (Å²) >= 11 is 6.13. The molecule has 1 N–H and O–H groups in total. The first-order valence-corrected chi connectivity index (χ1v) is 5.17. The van der Waals surface area contributed by atoms with Crippen LogP contribution in [-0.2, 0) is 0 Å². The molecular formula is C9H10ClN4O. The highest BCUT2D eigenvalue weighted by Crippen LogP contribution is 2.34. The smallest absolute Gasteiger partial charge is 0.271 e. The van der Waals surface area contributed by atoms with E-state index in [4.69, 9.17) is 11.6 Å². The van der Waals surface area contributed by atoms with Crippen molar-refractivity contribution in [2.24, 2.45) is 4.99 Å². The topological polar surface area (TPSA) is 72.2 Å². The van der Waals surface area contributed by atoms with Crippen molar-refractivity contribution in [2.45, 2.75) is 25.1 Å². The lowest BCUT2D eigenvalue weighted by Crippen LogP contribution is -2.17. The minimum atomic E-state index is -0.348. The number of H-pyrrole nitrogens is 1. The Morgan fingerprint density at radius 1 is 1.60 bits per heavy atom. The lowest BCUT2D eigenvalue weighted by Gasteiger charge is -2.07. The summed E-state index contributed by atoms with van der Waals surface area (Å²) in [7, 11) is 0. The number of aliphatic imine (C=N–C) groups is 1. The average Bonchev–Trinajstić information content (AvgIpc) is 2.63. The van der Waals surface area contributed by atoms with Crippen molar-refractivity contribution in [1.82, 2.24) is 15.5 Å². The molecule has 1 amide bonds. The molecule has 2 rings (SSSR count). The number of rotatable bonds is 3. The molecule has 79 valence electrons. The van der Waals surface area contributed by atoms with Gasteiger partial charge in [-0.3, -0.25) is 9.89 Å². The van der Waals surface area contributed by atoms with Crippen molar-refractivity contribution in [3.63, 3.8) is 0 Å². The second kappa shape index (κ2) is 4.02. The van der Waals surface area contributed by atoms with E-state index in [1.807, 2.05) is 6.92 Å². The first kappa shape index (κ1) is 10.2. The van der Waals surface area contributed by atoms with E-state index in [1.165, 1.54) is 6.34 Å². The zero-order chi connectivity index (χ0) is 10.8. The van der Waals surface area contributed by atoms with Crippen LogP contribution in [0, 0.1) is 0 Å². The van der Waals surface area contributed by atoms with Gasteiger partial charge in [0.05, 0.1) is 5.38 Å². The van der Waals surface area contributed by atoms with Crippen molar-refractivity contribution in [2.75, 3.05) is 0 Å². The predicted molar refractivity (Wildman–Crippen MR) is 56.7 cm³/mol. The SMILES string of the molecule is CCCC(Cl)c1n[nH]c2c1N=C[N]C2=O. The van der Waals surface area contributed by atoms with Gasteiger partial charge in [0, 0.05) is 0 Å². The molecule has 0 saturated heterocycles. The molecule has 1 aliphatic rings.